The van der Waals surface area contributed by atoms with Gasteiger partial charge in [-0.2, -0.15) is 0 Å². The number of rotatable bonds is 40. The van der Waals surface area contributed by atoms with Crippen LogP contribution in [0.4, 0.5) is 0 Å². The summed E-state index contributed by atoms with van der Waals surface area (Å²) in [6.45, 7) is 9.32. The molecule has 0 spiro atoms. The van der Waals surface area contributed by atoms with E-state index < -0.39 is 30.1 Å². The van der Waals surface area contributed by atoms with E-state index in [-0.39, 0.29) is 25.5 Å². The van der Waals surface area contributed by atoms with Gasteiger partial charge in [0.05, 0.1) is 0 Å². The summed E-state index contributed by atoms with van der Waals surface area (Å²) >= 11 is 0. The molecule has 11 heteroatoms. The molecule has 0 fully saturated rings. The standard InChI is InChI=1S/C43H87N5O6/c1-5-8-11-14-17-20-23-26-30-44-41(52)38(49)35-47(4)33-29-34-48(36-39(50)42(53)45-31-27-24-21-18-15-12-9-6-2)37-40(51)43(54)46-32-28-25-22-19-16-13-10-7-3/h38-40,49-51H,5-37H2,1-4H3,(H,44,52)(H,45,53)(H,46,54). The van der Waals surface area contributed by atoms with Crippen LogP contribution in [0.2, 0.25) is 0 Å². The van der Waals surface area contributed by atoms with Gasteiger partial charge in [0.25, 0.3) is 0 Å². The van der Waals surface area contributed by atoms with Crippen molar-refractivity contribution in [2.45, 2.75) is 200 Å². The molecule has 0 aliphatic heterocycles. The van der Waals surface area contributed by atoms with E-state index in [1.807, 2.05) is 11.9 Å². The summed E-state index contributed by atoms with van der Waals surface area (Å²) < 4.78 is 0. The van der Waals surface area contributed by atoms with E-state index >= 15 is 0 Å². The molecule has 0 heterocycles. The van der Waals surface area contributed by atoms with Crippen molar-refractivity contribution >= 4 is 17.7 Å². The zero-order valence-electron chi connectivity index (χ0n) is 35.5. The fraction of sp³-hybridized carbons (Fsp3) is 0.930. The molecule has 0 aromatic heterocycles. The zero-order valence-corrected chi connectivity index (χ0v) is 35.5. The lowest BCUT2D eigenvalue weighted by atomic mass is 10.1. The van der Waals surface area contributed by atoms with E-state index in [9.17, 15) is 29.7 Å². The van der Waals surface area contributed by atoms with E-state index in [4.69, 9.17) is 0 Å². The van der Waals surface area contributed by atoms with Gasteiger partial charge in [0.15, 0.2) is 0 Å². The Morgan fingerprint density at radius 1 is 0.407 bits per heavy atom. The minimum atomic E-state index is -1.30. The average Bonchev–Trinajstić information content (AvgIpc) is 3.15. The van der Waals surface area contributed by atoms with Crippen LogP contribution in [0.25, 0.3) is 0 Å². The molecule has 0 aliphatic carbocycles. The second kappa shape index (κ2) is 38.1. The molecule has 3 amide bonds. The highest BCUT2D eigenvalue weighted by molar-refractivity contribution is 5.81. The average molecular weight is 770 g/mol. The highest BCUT2D eigenvalue weighted by Crippen LogP contribution is 2.10. The van der Waals surface area contributed by atoms with Gasteiger partial charge in [-0.3, -0.25) is 19.3 Å². The maximum Gasteiger partial charge on any atom is 0.250 e. The minimum Gasteiger partial charge on any atom is -0.382 e. The molecule has 54 heavy (non-hydrogen) atoms. The molecule has 0 radical (unpaired) electrons. The van der Waals surface area contributed by atoms with Crippen LogP contribution in [-0.2, 0) is 14.4 Å². The van der Waals surface area contributed by atoms with Gasteiger partial charge in [0.2, 0.25) is 17.7 Å². The topological polar surface area (TPSA) is 154 Å². The summed E-state index contributed by atoms with van der Waals surface area (Å²) in [5.74, 6) is -1.27. The van der Waals surface area contributed by atoms with Gasteiger partial charge in [-0.1, -0.05) is 156 Å². The van der Waals surface area contributed by atoms with Gasteiger partial charge in [-0.05, 0) is 45.8 Å². The smallest absolute Gasteiger partial charge is 0.250 e. The maximum absolute atomic E-state index is 12.7. The molecule has 6 N–H and O–H groups in total. The Kier molecular flexibility index (Phi) is 36.8. The van der Waals surface area contributed by atoms with Crippen molar-refractivity contribution in [1.29, 1.82) is 0 Å². The van der Waals surface area contributed by atoms with Crippen LogP contribution in [0.3, 0.4) is 0 Å². The fourth-order valence-corrected chi connectivity index (χ4v) is 6.71. The number of unbranched alkanes of at least 4 members (excludes halogenated alkanes) is 21. The number of carbonyl (C=O) groups is 3. The van der Waals surface area contributed by atoms with Crippen LogP contribution >= 0.6 is 0 Å². The Bertz CT molecular complexity index is 839. The van der Waals surface area contributed by atoms with E-state index in [1.54, 1.807) is 4.90 Å². The van der Waals surface area contributed by atoms with Gasteiger partial charge in [-0.25, -0.2) is 0 Å². The number of aliphatic hydroxyl groups excluding tert-OH is 3. The van der Waals surface area contributed by atoms with Crippen molar-refractivity contribution in [2.24, 2.45) is 0 Å². The third kappa shape index (κ3) is 32.5. The zero-order chi connectivity index (χ0) is 40.1. The van der Waals surface area contributed by atoms with Gasteiger partial charge >= 0.3 is 0 Å². The Morgan fingerprint density at radius 3 is 1.00 bits per heavy atom. The first-order valence-electron chi connectivity index (χ1n) is 22.4. The van der Waals surface area contributed by atoms with E-state index in [2.05, 4.69) is 36.7 Å². The van der Waals surface area contributed by atoms with E-state index in [1.165, 1.54) is 103 Å². The largest absolute Gasteiger partial charge is 0.382 e. The third-order valence-electron chi connectivity index (χ3n) is 10.3. The Labute approximate surface area is 331 Å². The molecule has 0 saturated carbocycles. The van der Waals surface area contributed by atoms with Crippen LogP contribution in [0.5, 0.6) is 0 Å². The second-order valence-corrected chi connectivity index (χ2v) is 15.7. The number of likely N-dealkylation sites (N-methyl/N-ethyl adjacent to an activating group) is 1. The van der Waals surface area contributed by atoms with Crippen molar-refractivity contribution < 1.29 is 29.7 Å². The van der Waals surface area contributed by atoms with Crippen LogP contribution in [-0.4, -0.2) is 121 Å². The summed E-state index contributed by atoms with van der Waals surface area (Å²) in [6.07, 6.45) is 25.0. The first kappa shape index (κ1) is 52.2. The SMILES string of the molecule is CCCCCCCCCCNC(=O)C(O)CN(C)CCCN(CC(O)C(=O)NCCCCCCCCCC)CC(O)C(=O)NCCCCCCCCCC. The Morgan fingerprint density at radius 2 is 0.685 bits per heavy atom. The van der Waals surface area contributed by atoms with Crippen molar-refractivity contribution in [3.8, 4) is 0 Å². The summed E-state index contributed by atoms with van der Waals surface area (Å²) in [5.41, 5.74) is 0. The number of carbonyl (C=O) groups excluding carboxylic acids is 3. The normalized spacial score (nSPS) is 13.3. The fourth-order valence-electron chi connectivity index (χ4n) is 6.71. The summed E-state index contributed by atoms with van der Waals surface area (Å²) in [4.78, 5) is 41.6. The predicted octanol–water partition coefficient (Wildman–Crippen LogP) is 6.46. The second-order valence-electron chi connectivity index (χ2n) is 15.7. The molecule has 0 aliphatic rings. The Hall–Kier alpha value is -1.79. The molecule has 320 valence electrons. The van der Waals surface area contributed by atoms with Crippen molar-refractivity contribution in [3.05, 3.63) is 0 Å². The molecule has 0 aromatic rings. The summed E-state index contributed by atoms with van der Waals surface area (Å²) in [5, 5.41) is 40.6. The summed E-state index contributed by atoms with van der Waals surface area (Å²) in [7, 11) is 1.83. The highest BCUT2D eigenvalue weighted by atomic mass is 16.3. The van der Waals surface area contributed by atoms with Crippen molar-refractivity contribution in [2.75, 3.05) is 59.4 Å². The first-order chi connectivity index (χ1) is 26.2. The maximum atomic E-state index is 12.7. The number of nitrogens with one attached hydrogen (secondary N) is 3. The number of hydrogen-bond acceptors (Lipinski definition) is 8. The molecule has 0 rings (SSSR count). The quantitative estimate of drug-likeness (QED) is 0.0388. The lowest BCUT2D eigenvalue weighted by molar-refractivity contribution is -0.132. The van der Waals surface area contributed by atoms with E-state index in [0.717, 1.165) is 51.4 Å². The van der Waals surface area contributed by atoms with Crippen LogP contribution in [0.15, 0.2) is 0 Å². The lowest BCUT2D eigenvalue weighted by Gasteiger charge is -2.28. The van der Waals surface area contributed by atoms with Gasteiger partial charge in [0.1, 0.15) is 18.3 Å². The summed E-state index contributed by atoms with van der Waals surface area (Å²) in [6, 6.07) is 0. The van der Waals surface area contributed by atoms with Gasteiger partial charge in [0, 0.05) is 39.3 Å². The van der Waals surface area contributed by atoms with Crippen LogP contribution < -0.4 is 16.0 Å². The molecular formula is C43H87N5O6. The molecule has 0 aromatic carbocycles. The minimum absolute atomic E-state index is 0.0148. The number of hydrogen-bond donors (Lipinski definition) is 6. The molecule has 11 nitrogen and oxygen atoms in total. The first-order valence-corrected chi connectivity index (χ1v) is 22.4. The van der Waals surface area contributed by atoms with Crippen molar-refractivity contribution in [3.63, 3.8) is 0 Å². The van der Waals surface area contributed by atoms with E-state index in [0.29, 0.717) is 39.1 Å². The monoisotopic (exact) mass is 770 g/mol. The molecular weight excluding hydrogens is 683 g/mol. The molecule has 3 unspecified atom stereocenters. The van der Waals surface area contributed by atoms with Gasteiger partial charge in [-0.15, -0.1) is 0 Å². The number of amides is 3. The van der Waals surface area contributed by atoms with Crippen LogP contribution in [0.1, 0.15) is 181 Å². The molecule has 0 saturated heterocycles. The molecule has 3 atom stereocenters. The third-order valence-corrected chi connectivity index (χ3v) is 10.3. The predicted molar refractivity (Wildman–Crippen MR) is 223 cm³/mol. The number of nitrogens with zero attached hydrogens (tertiary/aromatic N) is 2. The number of aliphatic hydroxyl groups is 3. The lowest BCUT2D eigenvalue weighted by Crippen LogP contribution is -2.48. The highest BCUT2D eigenvalue weighted by Gasteiger charge is 2.24. The van der Waals surface area contributed by atoms with Crippen molar-refractivity contribution in [1.82, 2.24) is 25.8 Å². The van der Waals surface area contributed by atoms with Gasteiger partial charge < -0.3 is 36.2 Å². The van der Waals surface area contributed by atoms with Crippen LogP contribution in [0, 0.1) is 0 Å². The molecule has 0 bridgehead atoms. The Balaban J connectivity index is 4.76.